The van der Waals surface area contributed by atoms with E-state index in [4.69, 9.17) is 37.9 Å². The van der Waals surface area contributed by atoms with E-state index in [-0.39, 0.29) is 11.4 Å². The fourth-order valence-corrected chi connectivity index (χ4v) is 8.13. The van der Waals surface area contributed by atoms with Gasteiger partial charge in [-0.25, -0.2) is 15.0 Å². The van der Waals surface area contributed by atoms with E-state index < -0.39 is 0 Å². The predicted octanol–water partition coefficient (Wildman–Crippen LogP) is 5.75. The molecule has 254 valence electrons. The predicted molar refractivity (Wildman–Crippen MR) is 192 cm³/mol. The van der Waals surface area contributed by atoms with E-state index in [0.717, 1.165) is 57.0 Å². The number of hydrogen-bond donors (Lipinski definition) is 4. The molecule has 0 bridgehead atoms. The Labute approximate surface area is 300 Å². The third-order valence-electron chi connectivity index (χ3n) is 8.93. The van der Waals surface area contributed by atoms with Crippen LogP contribution in [0.2, 0.25) is 10.0 Å². The van der Waals surface area contributed by atoms with Crippen molar-refractivity contribution in [2.24, 2.45) is 0 Å². The van der Waals surface area contributed by atoms with Crippen molar-refractivity contribution in [3.63, 3.8) is 0 Å². The number of aromatic nitrogens is 7. The topological polar surface area (TPSA) is 159 Å². The Balaban J connectivity index is 1.01. The number of nitrogens with one attached hydrogen (secondary N) is 4. The number of aromatic amines is 1. The first kappa shape index (κ1) is 32.5. The molecule has 4 aromatic heterocycles. The Morgan fingerprint density at radius 2 is 1.82 bits per heavy atom. The van der Waals surface area contributed by atoms with Gasteiger partial charge in [-0.2, -0.15) is 5.21 Å². The van der Waals surface area contributed by atoms with Gasteiger partial charge in [-0.15, -0.1) is 21.5 Å². The summed E-state index contributed by atoms with van der Waals surface area (Å²) in [5.41, 5.74) is 5.28. The fraction of sp³-hybridized carbons (Fsp3) is 0.265. The van der Waals surface area contributed by atoms with Crippen molar-refractivity contribution >= 4 is 62.2 Å². The van der Waals surface area contributed by atoms with Crippen LogP contribution in [0.1, 0.15) is 29.2 Å². The Bertz CT molecular complexity index is 2210. The van der Waals surface area contributed by atoms with Crippen LogP contribution in [0.5, 0.6) is 5.88 Å². The van der Waals surface area contributed by atoms with Gasteiger partial charge in [0.1, 0.15) is 10.5 Å². The maximum Gasteiger partial charge on any atom is 0.220 e. The summed E-state index contributed by atoms with van der Waals surface area (Å²) in [5, 5.41) is 25.7. The minimum absolute atomic E-state index is 0.0798. The summed E-state index contributed by atoms with van der Waals surface area (Å²) < 4.78 is 6.71. The van der Waals surface area contributed by atoms with Gasteiger partial charge in [0, 0.05) is 61.1 Å². The van der Waals surface area contributed by atoms with Gasteiger partial charge in [0.25, 0.3) is 0 Å². The first-order chi connectivity index (χ1) is 24.4. The zero-order valence-corrected chi connectivity index (χ0v) is 29.2. The number of anilines is 2. The van der Waals surface area contributed by atoms with Crippen molar-refractivity contribution in [3.8, 4) is 28.3 Å². The van der Waals surface area contributed by atoms with Crippen LogP contribution >= 0.6 is 34.5 Å². The summed E-state index contributed by atoms with van der Waals surface area (Å²) in [6.07, 6.45) is 3.24. The summed E-state index contributed by atoms with van der Waals surface area (Å²) in [5.74, 6) is 1.86. The zero-order valence-electron chi connectivity index (χ0n) is 26.8. The van der Waals surface area contributed by atoms with Gasteiger partial charge in [0.05, 0.1) is 45.3 Å². The minimum Gasteiger partial charge on any atom is -0.481 e. The first-order valence-electron chi connectivity index (χ1n) is 16.0. The van der Waals surface area contributed by atoms with Crippen molar-refractivity contribution in [1.29, 1.82) is 0 Å². The maximum atomic E-state index is 11.7. The Hall–Kier alpha value is -4.73. The quantitative estimate of drug-likeness (QED) is 0.129. The molecule has 13 nitrogen and oxygen atoms in total. The molecule has 2 aromatic carbocycles. The van der Waals surface area contributed by atoms with E-state index in [9.17, 15) is 4.79 Å². The third-order valence-corrected chi connectivity index (χ3v) is 10.8. The number of H-pyrrole nitrogens is 1. The molecular weight excluding hydrogens is 697 g/mol. The number of thiazole rings is 1. The van der Waals surface area contributed by atoms with E-state index in [1.54, 1.807) is 24.6 Å². The average molecular weight is 729 g/mol. The van der Waals surface area contributed by atoms with E-state index >= 15 is 0 Å². The molecule has 0 aliphatic carbocycles. The molecule has 0 atom stereocenters. The molecule has 6 aromatic rings. The normalized spacial score (nSPS) is 15.4. The molecule has 2 saturated heterocycles. The Morgan fingerprint density at radius 1 is 1.00 bits per heavy atom. The number of benzene rings is 2. The molecule has 1 spiro atoms. The second kappa shape index (κ2) is 13.5. The van der Waals surface area contributed by atoms with Gasteiger partial charge in [-0.3, -0.25) is 9.69 Å². The lowest BCUT2D eigenvalue weighted by Gasteiger charge is -2.48. The highest BCUT2D eigenvalue weighted by Crippen LogP contribution is 2.42. The van der Waals surface area contributed by atoms with Crippen LogP contribution in [0, 0.1) is 0 Å². The maximum absolute atomic E-state index is 11.7. The molecule has 16 heteroatoms. The minimum atomic E-state index is -0.0798. The summed E-state index contributed by atoms with van der Waals surface area (Å²) in [4.78, 5) is 28.3. The van der Waals surface area contributed by atoms with E-state index in [1.807, 2.05) is 54.6 Å². The van der Waals surface area contributed by atoms with E-state index in [2.05, 4.69) is 46.5 Å². The molecule has 1 amide bonds. The van der Waals surface area contributed by atoms with Crippen LogP contribution in [-0.2, 0) is 24.4 Å². The number of tetrazole rings is 1. The zero-order chi connectivity index (χ0) is 34.2. The van der Waals surface area contributed by atoms with Gasteiger partial charge in [0.2, 0.25) is 11.8 Å². The highest BCUT2D eigenvalue weighted by molar-refractivity contribution is 7.18. The van der Waals surface area contributed by atoms with Gasteiger partial charge in [0.15, 0.2) is 11.6 Å². The van der Waals surface area contributed by atoms with Crippen molar-refractivity contribution in [3.05, 3.63) is 87.2 Å². The van der Waals surface area contributed by atoms with Crippen molar-refractivity contribution in [1.82, 2.24) is 51.1 Å². The lowest BCUT2D eigenvalue weighted by atomic mass is 9.88. The monoisotopic (exact) mass is 727 g/mol. The number of carbonyl (C=O) groups excluding carboxylic acids is 1. The standard InChI is InChI=1S/C34H31Cl2N11O2S/c1-49-33-19(16-47-17-34(18-47)12-10-27(48)42-34)8-9-23(40-33)22-6-2-4-20(29(22)35)21-5-3-7-24(30(21)36)39-32-31-25(11-13-38-32)50-28(41-31)15-37-14-26-43-45-46-44-26/h2-9,11,13,37H,10,12,14-18H2,1H3,(H,38,39)(H,42,48)(H,43,44,45,46). The number of carbonyl (C=O) groups is 1. The third kappa shape index (κ3) is 6.36. The smallest absolute Gasteiger partial charge is 0.220 e. The number of likely N-dealkylation sites (tertiary alicyclic amines) is 1. The number of nitrogens with zero attached hydrogens (tertiary/aromatic N) is 7. The highest BCUT2D eigenvalue weighted by Gasteiger charge is 2.47. The van der Waals surface area contributed by atoms with Crippen LogP contribution in [0.4, 0.5) is 11.5 Å². The second-order valence-electron chi connectivity index (χ2n) is 12.3. The number of methoxy groups -OCH3 is 1. The number of rotatable bonds is 11. The van der Waals surface area contributed by atoms with Crippen LogP contribution in [0.3, 0.4) is 0 Å². The highest BCUT2D eigenvalue weighted by atomic mass is 35.5. The molecule has 2 fully saturated rings. The number of halogens is 2. The lowest BCUT2D eigenvalue weighted by Crippen LogP contribution is -2.66. The number of hydrogen-bond acceptors (Lipinski definition) is 12. The molecule has 0 radical (unpaired) electrons. The van der Waals surface area contributed by atoms with Crippen LogP contribution in [0.15, 0.2) is 60.8 Å². The molecule has 2 aliphatic heterocycles. The fourth-order valence-electron chi connectivity index (χ4n) is 6.60. The van der Waals surface area contributed by atoms with Gasteiger partial charge < -0.3 is 20.7 Å². The molecule has 50 heavy (non-hydrogen) atoms. The largest absolute Gasteiger partial charge is 0.481 e. The van der Waals surface area contributed by atoms with Gasteiger partial charge in [-0.05, 0) is 24.6 Å². The molecule has 0 unspecified atom stereocenters. The Kier molecular flexibility index (Phi) is 8.79. The van der Waals surface area contributed by atoms with Crippen molar-refractivity contribution < 1.29 is 9.53 Å². The average Bonchev–Trinajstić information content (AvgIpc) is 3.87. The van der Waals surface area contributed by atoms with Crippen LogP contribution in [-0.4, -0.2) is 72.1 Å². The summed E-state index contributed by atoms with van der Waals surface area (Å²) in [6, 6.07) is 17.5. The molecule has 8 rings (SSSR count). The Morgan fingerprint density at radius 3 is 2.60 bits per heavy atom. The number of amides is 1. The second-order valence-corrected chi connectivity index (χ2v) is 14.2. The van der Waals surface area contributed by atoms with E-state index in [0.29, 0.717) is 65.0 Å². The molecule has 0 saturated carbocycles. The molecule has 4 N–H and O–H groups in total. The number of pyridine rings is 2. The summed E-state index contributed by atoms with van der Waals surface area (Å²) >= 11 is 15.8. The molecule has 2 aliphatic rings. The van der Waals surface area contributed by atoms with Crippen molar-refractivity contribution in [2.75, 3.05) is 25.5 Å². The SMILES string of the molecule is COc1nc(-c2cccc(-c3cccc(Nc4nccc5sc(CNCc6nn[nH]n6)nc45)c3Cl)c2Cl)ccc1CN1CC2(CCC(=O)N2)C1. The van der Waals surface area contributed by atoms with Crippen LogP contribution < -0.4 is 20.7 Å². The lowest BCUT2D eigenvalue weighted by molar-refractivity contribution is -0.120. The summed E-state index contributed by atoms with van der Waals surface area (Å²) in [6.45, 7) is 3.34. The molecule has 6 heterocycles. The van der Waals surface area contributed by atoms with Gasteiger partial charge >= 0.3 is 0 Å². The molecular formula is C34H31Cl2N11O2S. The first-order valence-corrected chi connectivity index (χ1v) is 17.5. The number of ether oxygens (including phenoxy) is 1. The van der Waals surface area contributed by atoms with E-state index in [1.165, 1.54) is 0 Å². The number of fused-ring (bicyclic) bond motifs is 1. The summed E-state index contributed by atoms with van der Waals surface area (Å²) in [7, 11) is 1.62. The van der Waals surface area contributed by atoms with Gasteiger partial charge in [-0.1, -0.05) is 64.8 Å². The van der Waals surface area contributed by atoms with Crippen molar-refractivity contribution in [2.45, 2.75) is 38.0 Å². The van der Waals surface area contributed by atoms with Crippen LogP contribution in [0.25, 0.3) is 32.6 Å².